The van der Waals surface area contributed by atoms with Crippen molar-refractivity contribution in [1.82, 2.24) is 9.80 Å². The van der Waals surface area contributed by atoms with Crippen molar-refractivity contribution in [1.29, 1.82) is 0 Å². The van der Waals surface area contributed by atoms with E-state index in [1.807, 2.05) is 4.90 Å². The normalized spacial score (nSPS) is 33.1. The van der Waals surface area contributed by atoms with E-state index in [4.69, 9.17) is 4.74 Å². The predicted molar refractivity (Wildman–Crippen MR) is 80.0 cm³/mol. The number of morpholine rings is 1. The number of β-amino-alcohol motifs (C(OH)–C–C–N with tert-alkyl or cyclic N) is 1. The molecule has 0 aromatic rings. The van der Waals surface area contributed by atoms with Crippen molar-refractivity contribution in [2.75, 3.05) is 39.4 Å². The third kappa shape index (κ3) is 3.58. The second-order valence-electron chi connectivity index (χ2n) is 6.71. The molecule has 3 rings (SSSR count). The first-order chi connectivity index (χ1) is 10.3. The van der Waals surface area contributed by atoms with Gasteiger partial charge in [0.25, 0.3) is 0 Å². The zero-order valence-corrected chi connectivity index (χ0v) is 12.9. The number of hydrogen-bond acceptors (Lipinski definition) is 4. The smallest absolute Gasteiger partial charge is 0.225 e. The van der Waals surface area contributed by atoms with Gasteiger partial charge in [0, 0.05) is 32.1 Å². The Morgan fingerprint density at radius 2 is 1.67 bits per heavy atom. The highest BCUT2D eigenvalue weighted by Gasteiger charge is 2.39. The maximum Gasteiger partial charge on any atom is 0.225 e. The maximum absolute atomic E-state index is 12.7. The van der Waals surface area contributed by atoms with Gasteiger partial charge in [-0.3, -0.25) is 9.69 Å². The molecule has 0 aromatic carbocycles. The molecule has 0 radical (unpaired) electrons. The summed E-state index contributed by atoms with van der Waals surface area (Å²) in [5, 5.41) is 10.3. The lowest BCUT2D eigenvalue weighted by molar-refractivity contribution is -0.135. The van der Waals surface area contributed by atoms with Crippen molar-refractivity contribution in [3.63, 3.8) is 0 Å². The van der Waals surface area contributed by atoms with Gasteiger partial charge in [-0.15, -0.1) is 0 Å². The van der Waals surface area contributed by atoms with Crippen molar-refractivity contribution in [3.8, 4) is 0 Å². The molecule has 120 valence electrons. The molecule has 3 aliphatic rings. The van der Waals surface area contributed by atoms with E-state index in [-0.39, 0.29) is 17.9 Å². The van der Waals surface area contributed by atoms with E-state index >= 15 is 0 Å². The van der Waals surface area contributed by atoms with Gasteiger partial charge in [0.15, 0.2) is 0 Å². The van der Waals surface area contributed by atoms with Gasteiger partial charge in [-0.2, -0.15) is 0 Å². The predicted octanol–water partition coefficient (Wildman–Crippen LogP) is 0.861. The maximum atomic E-state index is 12.7. The number of ether oxygens (including phenoxy) is 1. The van der Waals surface area contributed by atoms with Gasteiger partial charge in [-0.05, 0) is 12.8 Å². The number of aliphatic hydroxyl groups excluding tert-OH is 1. The standard InChI is InChI=1S/C16H28N2O3/c19-15-12-18(11-14(15)17-7-9-21-10-8-17)16(20)13-5-3-1-2-4-6-13/h13-15,19H,1-12H2/t14-,15-/m0/s1. The summed E-state index contributed by atoms with van der Waals surface area (Å²) in [6.07, 6.45) is 6.56. The SMILES string of the molecule is O=C(C1CCCCCC1)N1C[C@H](O)[C@@H](N2CCOCC2)C1. The van der Waals surface area contributed by atoms with Crippen LogP contribution >= 0.6 is 0 Å². The Morgan fingerprint density at radius 3 is 2.33 bits per heavy atom. The third-order valence-corrected chi connectivity index (χ3v) is 5.29. The largest absolute Gasteiger partial charge is 0.390 e. The van der Waals surface area contributed by atoms with Crippen molar-refractivity contribution in [3.05, 3.63) is 0 Å². The molecule has 1 aliphatic carbocycles. The van der Waals surface area contributed by atoms with Gasteiger partial charge >= 0.3 is 0 Å². The average molecular weight is 296 g/mol. The minimum atomic E-state index is -0.405. The van der Waals surface area contributed by atoms with Crippen LogP contribution in [0.15, 0.2) is 0 Å². The van der Waals surface area contributed by atoms with Crippen LogP contribution in [-0.4, -0.2) is 72.4 Å². The number of likely N-dealkylation sites (tertiary alicyclic amines) is 1. The first-order valence-corrected chi connectivity index (χ1v) is 8.54. The number of nitrogens with zero attached hydrogens (tertiary/aromatic N) is 2. The Kier molecular flexibility index (Phi) is 5.14. The molecule has 2 atom stereocenters. The highest BCUT2D eigenvalue weighted by molar-refractivity contribution is 5.79. The van der Waals surface area contributed by atoms with Crippen LogP contribution in [0.1, 0.15) is 38.5 Å². The molecule has 0 bridgehead atoms. The van der Waals surface area contributed by atoms with Crippen molar-refractivity contribution in [2.45, 2.75) is 50.7 Å². The van der Waals surface area contributed by atoms with Crippen LogP contribution in [0.4, 0.5) is 0 Å². The fourth-order valence-corrected chi connectivity index (χ4v) is 4.00. The molecule has 2 saturated heterocycles. The molecular weight excluding hydrogens is 268 g/mol. The number of aliphatic hydroxyl groups is 1. The Labute approximate surface area is 127 Å². The summed E-state index contributed by atoms with van der Waals surface area (Å²) in [5.74, 6) is 0.481. The molecule has 2 heterocycles. The number of amides is 1. The Hall–Kier alpha value is -0.650. The summed E-state index contributed by atoms with van der Waals surface area (Å²) < 4.78 is 5.37. The van der Waals surface area contributed by atoms with Crippen LogP contribution in [0.5, 0.6) is 0 Å². The summed E-state index contributed by atoms with van der Waals surface area (Å²) in [4.78, 5) is 16.9. The molecule has 5 nitrogen and oxygen atoms in total. The van der Waals surface area contributed by atoms with E-state index in [1.165, 1.54) is 25.7 Å². The van der Waals surface area contributed by atoms with Crippen molar-refractivity contribution < 1.29 is 14.6 Å². The minimum absolute atomic E-state index is 0.101. The van der Waals surface area contributed by atoms with E-state index in [0.717, 1.165) is 39.1 Å². The molecule has 2 aliphatic heterocycles. The van der Waals surface area contributed by atoms with E-state index in [0.29, 0.717) is 13.1 Å². The molecule has 0 spiro atoms. The third-order valence-electron chi connectivity index (χ3n) is 5.29. The lowest BCUT2D eigenvalue weighted by Gasteiger charge is -2.33. The second-order valence-corrected chi connectivity index (χ2v) is 6.71. The highest BCUT2D eigenvalue weighted by atomic mass is 16.5. The molecule has 1 saturated carbocycles. The van der Waals surface area contributed by atoms with Gasteiger partial charge < -0.3 is 14.7 Å². The fourth-order valence-electron chi connectivity index (χ4n) is 4.00. The van der Waals surface area contributed by atoms with Crippen molar-refractivity contribution in [2.24, 2.45) is 5.92 Å². The molecule has 0 unspecified atom stereocenters. The van der Waals surface area contributed by atoms with E-state index < -0.39 is 6.10 Å². The lowest BCUT2D eigenvalue weighted by Crippen LogP contribution is -2.49. The zero-order chi connectivity index (χ0) is 14.7. The molecule has 21 heavy (non-hydrogen) atoms. The van der Waals surface area contributed by atoms with E-state index in [2.05, 4.69) is 4.90 Å². The summed E-state index contributed by atoms with van der Waals surface area (Å²) in [6.45, 7) is 4.41. The number of carbonyl (C=O) groups is 1. The van der Waals surface area contributed by atoms with Crippen molar-refractivity contribution >= 4 is 5.91 Å². The molecule has 3 fully saturated rings. The van der Waals surface area contributed by atoms with E-state index in [1.54, 1.807) is 0 Å². The Balaban J connectivity index is 1.57. The van der Waals surface area contributed by atoms with Crippen LogP contribution in [0.25, 0.3) is 0 Å². The number of rotatable bonds is 2. The van der Waals surface area contributed by atoms with Gasteiger partial charge in [0.2, 0.25) is 5.91 Å². The summed E-state index contributed by atoms with van der Waals surface area (Å²) in [5.41, 5.74) is 0. The fraction of sp³-hybridized carbons (Fsp3) is 0.938. The first kappa shape index (κ1) is 15.3. The Bertz CT molecular complexity index is 349. The van der Waals surface area contributed by atoms with Gasteiger partial charge in [-0.25, -0.2) is 0 Å². The quantitative estimate of drug-likeness (QED) is 0.768. The zero-order valence-electron chi connectivity index (χ0n) is 12.9. The average Bonchev–Trinajstić information content (AvgIpc) is 2.74. The number of hydrogen-bond donors (Lipinski definition) is 1. The molecular formula is C16H28N2O3. The van der Waals surface area contributed by atoms with Gasteiger partial charge in [0.05, 0.1) is 25.4 Å². The lowest BCUT2D eigenvalue weighted by atomic mass is 9.99. The summed E-state index contributed by atoms with van der Waals surface area (Å²) in [7, 11) is 0. The van der Waals surface area contributed by atoms with Gasteiger partial charge in [0.1, 0.15) is 0 Å². The summed E-state index contributed by atoms with van der Waals surface area (Å²) >= 11 is 0. The minimum Gasteiger partial charge on any atom is -0.390 e. The van der Waals surface area contributed by atoms with Crippen LogP contribution in [0.3, 0.4) is 0 Å². The monoisotopic (exact) mass is 296 g/mol. The topological polar surface area (TPSA) is 53.0 Å². The van der Waals surface area contributed by atoms with Crippen LogP contribution in [-0.2, 0) is 9.53 Å². The van der Waals surface area contributed by atoms with Crippen LogP contribution < -0.4 is 0 Å². The molecule has 5 heteroatoms. The Morgan fingerprint density at radius 1 is 1.00 bits per heavy atom. The second kappa shape index (κ2) is 7.07. The first-order valence-electron chi connectivity index (χ1n) is 8.54. The van der Waals surface area contributed by atoms with Gasteiger partial charge in [-0.1, -0.05) is 25.7 Å². The van der Waals surface area contributed by atoms with Crippen LogP contribution in [0.2, 0.25) is 0 Å². The van der Waals surface area contributed by atoms with E-state index in [9.17, 15) is 9.90 Å². The number of carbonyl (C=O) groups excluding carboxylic acids is 1. The van der Waals surface area contributed by atoms with Crippen LogP contribution in [0, 0.1) is 5.92 Å². The highest BCUT2D eigenvalue weighted by Crippen LogP contribution is 2.27. The molecule has 0 aromatic heterocycles. The summed E-state index contributed by atoms with van der Waals surface area (Å²) in [6, 6.07) is 0.101. The molecule has 1 N–H and O–H groups in total. The molecule has 1 amide bonds.